The van der Waals surface area contributed by atoms with Gasteiger partial charge in [0.05, 0.1) is 0 Å². The van der Waals surface area contributed by atoms with Crippen LogP contribution in [0.2, 0.25) is 0 Å². The first-order valence-corrected chi connectivity index (χ1v) is 6.20. The molecule has 2 rings (SSSR count). The second-order valence-electron chi connectivity index (χ2n) is 4.63. The van der Waals surface area contributed by atoms with Crippen molar-refractivity contribution in [1.29, 1.82) is 0 Å². The number of aromatic nitrogens is 1. The number of hydrogen-bond acceptors (Lipinski definition) is 3. The average Bonchev–Trinajstić information content (AvgIpc) is 2.38. The van der Waals surface area contributed by atoms with Crippen molar-refractivity contribution in [2.75, 3.05) is 26.2 Å². The van der Waals surface area contributed by atoms with Crippen LogP contribution in [0.3, 0.4) is 0 Å². The highest BCUT2D eigenvalue weighted by atomic mass is 35.5. The number of rotatable bonds is 4. The van der Waals surface area contributed by atoms with Gasteiger partial charge in [-0.1, -0.05) is 6.07 Å². The van der Waals surface area contributed by atoms with E-state index in [9.17, 15) is 0 Å². The first kappa shape index (κ1) is 17.6. The van der Waals surface area contributed by atoms with Gasteiger partial charge in [0.1, 0.15) is 0 Å². The number of hydrogen-bond donors (Lipinski definition) is 1. The summed E-state index contributed by atoms with van der Waals surface area (Å²) in [6.07, 6.45) is 7.44. The molecule has 18 heavy (non-hydrogen) atoms. The van der Waals surface area contributed by atoms with Gasteiger partial charge in [-0.3, -0.25) is 4.98 Å². The molecule has 0 amide bonds. The summed E-state index contributed by atoms with van der Waals surface area (Å²) in [4.78, 5) is 6.68. The third-order valence-corrected chi connectivity index (χ3v) is 3.48. The maximum absolute atomic E-state index is 5.69. The molecule has 5 heteroatoms. The van der Waals surface area contributed by atoms with Crippen molar-refractivity contribution in [3.8, 4) is 0 Å². The molecule has 0 atom stereocenters. The third-order valence-electron chi connectivity index (χ3n) is 3.48. The predicted octanol–water partition coefficient (Wildman–Crippen LogP) is 2.14. The predicted molar refractivity (Wildman–Crippen MR) is 80.7 cm³/mol. The fourth-order valence-corrected chi connectivity index (χ4v) is 2.28. The molecule has 0 spiro atoms. The Labute approximate surface area is 122 Å². The smallest absolute Gasteiger partial charge is 0.0300 e. The van der Waals surface area contributed by atoms with Gasteiger partial charge in [0.25, 0.3) is 0 Å². The number of pyridine rings is 1. The molecule has 1 aliphatic heterocycles. The zero-order chi connectivity index (χ0) is 11.2. The molecule has 0 unspecified atom stereocenters. The van der Waals surface area contributed by atoms with Crippen molar-refractivity contribution in [3.05, 3.63) is 30.1 Å². The van der Waals surface area contributed by atoms with Gasteiger partial charge in [-0.2, -0.15) is 0 Å². The Morgan fingerprint density at radius 2 is 2.00 bits per heavy atom. The average molecular weight is 292 g/mol. The number of nitrogens with zero attached hydrogens (tertiary/aromatic N) is 2. The molecule has 2 N–H and O–H groups in total. The minimum atomic E-state index is 0. The van der Waals surface area contributed by atoms with Crippen LogP contribution in [0.4, 0.5) is 0 Å². The summed E-state index contributed by atoms with van der Waals surface area (Å²) < 4.78 is 0. The summed E-state index contributed by atoms with van der Waals surface area (Å²) in [5.74, 6) is 0.759. The highest BCUT2D eigenvalue weighted by Gasteiger charge is 2.17. The molecule has 0 saturated carbocycles. The molecule has 3 nitrogen and oxygen atoms in total. The first-order valence-electron chi connectivity index (χ1n) is 6.20. The molecule has 2 heterocycles. The summed E-state index contributed by atoms with van der Waals surface area (Å²) in [5, 5.41) is 0. The van der Waals surface area contributed by atoms with Crippen LogP contribution in [0.5, 0.6) is 0 Å². The van der Waals surface area contributed by atoms with E-state index in [1.165, 1.54) is 31.5 Å². The number of halogens is 2. The largest absolute Gasteiger partial charge is 0.330 e. The van der Waals surface area contributed by atoms with E-state index in [0.29, 0.717) is 0 Å². The van der Waals surface area contributed by atoms with Crippen molar-refractivity contribution < 1.29 is 0 Å². The van der Waals surface area contributed by atoms with E-state index in [4.69, 9.17) is 5.73 Å². The Kier molecular flexibility index (Phi) is 9.38. The van der Waals surface area contributed by atoms with E-state index in [1.807, 2.05) is 18.5 Å². The Morgan fingerprint density at radius 1 is 1.28 bits per heavy atom. The first-order chi connectivity index (χ1) is 7.88. The fraction of sp³-hybridized carbons (Fsp3) is 0.615. The van der Waals surface area contributed by atoms with Crippen LogP contribution < -0.4 is 5.73 Å². The van der Waals surface area contributed by atoms with Crippen LogP contribution in [0, 0.1) is 5.92 Å². The van der Waals surface area contributed by atoms with Crippen LogP contribution in [-0.4, -0.2) is 36.1 Å². The van der Waals surface area contributed by atoms with Crippen molar-refractivity contribution in [2.24, 2.45) is 11.7 Å². The Balaban J connectivity index is 0.00000144. The van der Waals surface area contributed by atoms with Gasteiger partial charge in [0, 0.05) is 18.9 Å². The summed E-state index contributed by atoms with van der Waals surface area (Å²) in [6.45, 7) is 4.43. The molecule has 1 aliphatic rings. The van der Waals surface area contributed by atoms with Crippen molar-refractivity contribution in [3.63, 3.8) is 0 Å². The van der Waals surface area contributed by atoms with Crippen molar-refractivity contribution in [2.45, 2.75) is 19.3 Å². The minimum absolute atomic E-state index is 0. The lowest BCUT2D eigenvalue weighted by Crippen LogP contribution is -2.37. The second-order valence-corrected chi connectivity index (χ2v) is 4.63. The summed E-state index contributed by atoms with van der Waals surface area (Å²) in [6, 6.07) is 4.16. The molecule has 0 aliphatic carbocycles. The number of nitrogens with two attached hydrogens (primary N) is 1. The van der Waals surface area contributed by atoms with Crippen LogP contribution >= 0.6 is 24.8 Å². The van der Waals surface area contributed by atoms with E-state index < -0.39 is 0 Å². The Morgan fingerprint density at radius 3 is 2.56 bits per heavy atom. The monoisotopic (exact) mass is 291 g/mol. The SMILES string of the molecule is Cl.Cl.NCC1CCN(CCc2cccnc2)CC1. The highest BCUT2D eigenvalue weighted by molar-refractivity contribution is 5.85. The van der Waals surface area contributed by atoms with Crippen LogP contribution in [0.15, 0.2) is 24.5 Å². The van der Waals surface area contributed by atoms with Crippen LogP contribution in [0.1, 0.15) is 18.4 Å². The molecule has 0 radical (unpaired) electrons. The van der Waals surface area contributed by atoms with Gasteiger partial charge in [0.15, 0.2) is 0 Å². The summed E-state index contributed by atoms with van der Waals surface area (Å²) >= 11 is 0. The molecule has 1 fully saturated rings. The van der Waals surface area contributed by atoms with Gasteiger partial charge in [0.2, 0.25) is 0 Å². The molecule has 1 aromatic rings. The maximum atomic E-state index is 5.69. The summed E-state index contributed by atoms with van der Waals surface area (Å²) in [5.41, 5.74) is 7.02. The van der Waals surface area contributed by atoms with E-state index >= 15 is 0 Å². The van der Waals surface area contributed by atoms with Gasteiger partial charge in [-0.05, 0) is 56.4 Å². The second kappa shape index (κ2) is 9.56. The van der Waals surface area contributed by atoms with Gasteiger partial charge < -0.3 is 10.6 Å². The molecular formula is C13H23Cl2N3. The highest BCUT2D eigenvalue weighted by Crippen LogP contribution is 2.15. The molecule has 0 aromatic carbocycles. The summed E-state index contributed by atoms with van der Waals surface area (Å²) in [7, 11) is 0. The molecule has 104 valence electrons. The lowest BCUT2D eigenvalue weighted by molar-refractivity contribution is 0.189. The normalized spacial score (nSPS) is 16.7. The quantitative estimate of drug-likeness (QED) is 0.924. The van der Waals surface area contributed by atoms with E-state index in [0.717, 1.165) is 25.4 Å². The van der Waals surface area contributed by atoms with E-state index in [-0.39, 0.29) is 24.8 Å². The molecular weight excluding hydrogens is 269 g/mol. The molecule has 1 saturated heterocycles. The Bertz CT molecular complexity index is 300. The number of piperidine rings is 1. The minimum Gasteiger partial charge on any atom is -0.330 e. The number of likely N-dealkylation sites (tertiary alicyclic amines) is 1. The van der Waals surface area contributed by atoms with E-state index in [1.54, 1.807) is 0 Å². The van der Waals surface area contributed by atoms with Crippen LogP contribution in [-0.2, 0) is 6.42 Å². The standard InChI is InChI=1S/C13H21N3.2ClH/c14-10-12-3-7-16(8-4-12)9-5-13-2-1-6-15-11-13;;/h1-2,6,11-12H,3-5,7-10,14H2;2*1H. The van der Waals surface area contributed by atoms with Crippen molar-refractivity contribution >= 4 is 24.8 Å². The topological polar surface area (TPSA) is 42.1 Å². The van der Waals surface area contributed by atoms with E-state index in [2.05, 4.69) is 16.0 Å². The van der Waals surface area contributed by atoms with Crippen molar-refractivity contribution in [1.82, 2.24) is 9.88 Å². The van der Waals surface area contributed by atoms with Crippen LogP contribution in [0.25, 0.3) is 0 Å². The maximum Gasteiger partial charge on any atom is 0.0300 e. The zero-order valence-corrected chi connectivity index (χ0v) is 12.3. The van der Waals surface area contributed by atoms with Gasteiger partial charge in [-0.15, -0.1) is 24.8 Å². The van der Waals surface area contributed by atoms with Gasteiger partial charge >= 0.3 is 0 Å². The van der Waals surface area contributed by atoms with Gasteiger partial charge in [-0.25, -0.2) is 0 Å². The lowest BCUT2D eigenvalue weighted by Gasteiger charge is -2.31. The molecule has 1 aromatic heterocycles. The third kappa shape index (κ3) is 5.53. The lowest BCUT2D eigenvalue weighted by atomic mass is 9.97. The molecule has 0 bridgehead atoms. The zero-order valence-electron chi connectivity index (χ0n) is 10.6. The fourth-order valence-electron chi connectivity index (χ4n) is 2.28. The Hall–Kier alpha value is -0.350.